The van der Waals surface area contributed by atoms with Crippen molar-refractivity contribution >= 4 is 35.4 Å². The number of carboxylic acid groups (broad SMARTS) is 1. The van der Waals surface area contributed by atoms with E-state index in [0.29, 0.717) is 37.4 Å². The molecular weight excluding hydrogens is 386 g/mol. The maximum atomic E-state index is 12.6. The van der Waals surface area contributed by atoms with E-state index in [2.05, 4.69) is 15.0 Å². The van der Waals surface area contributed by atoms with Crippen molar-refractivity contribution < 1.29 is 24.2 Å². The summed E-state index contributed by atoms with van der Waals surface area (Å²) in [7, 11) is 1.31. The summed E-state index contributed by atoms with van der Waals surface area (Å²) in [5.74, 6) is -0.694. The highest BCUT2D eigenvalue weighted by Gasteiger charge is 2.20. The Balaban J connectivity index is 1.61. The molecule has 2 aromatic carbocycles. The predicted octanol–water partition coefficient (Wildman–Crippen LogP) is 2.93. The van der Waals surface area contributed by atoms with E-state index in [9.17, 15) is 14.4 Å². The smallest absolute Gasteiger partial charge is 0.407 e. The Morgan fingerprint density at radius 1 is 1.03 bits per heavy atom. The molecule has 1 heterocycles. The summed E-state index contributed by atoms with van der Waals surface area (Å²) in [6.45, 7) is 2.14. The Kier molecular flexibility index (Phi) is 6.69. The quantitative estimate of drug-likeness (QED) is 0.582. The molecule has 1 aliphatic heterocycles. The fourth-order valence-corrected chi connectivity index (χ4v) is 3.14. The highest BCUT2D eigenvalue weighted by molar-refractivity contribution is 6.04. The highest BCUT2D eigenvalue weighted by Crippen LogP contribution is 2.19. The van der Waals surface area contributed by atoms with Crippen LogP contribution in [0.5, 0.6) is 0 Å². The standard InChI is InChI=1S/C22H23N3O5/c1-30-20(26)10-5-16-3-2-4-18(15-16)23-21(27)17-6-8-19(9-7-17)24-11-13-25(14-12-24)22(28)29/h2-10,15H,11-14H2,1H3,(H,23,27)(H,28,29)/b10-5+. The third-order valence-electron chi connectivity index (χ3n) is 4.80. The van der Waals surface area contributed by atoms with Gasteiger partial charge in [0.15, 0.2) is 0 Å². The molecule has 1 aliphatic rings. The van der Waals surface area contributed by atoms with Crippen molar-refractivity contribution in [2.45, 2.75) is 0 Å². The van der Waals surface area contributed by atoms with Crippen LogP contribution in [0.2, 0.25) is 0 Å². The zero-order valence-electron chi connectivity index (χ0n) is 16.6. The second-order valence-electron chi connectivity index (χ2n) is 6.74. The zero-order valence-corrected chi connectivity index (χ0v) is 16.6. The minimum absolute atomic E-state index is 0.244. The van der Waals surface area contributed by atoms with E-state index in [4.69, 9.17) is 5.11 Å². The summed E-state index contributed by atoms with van der Waals surface area (Å²) in [5.41, 5.74) is 2.83. The van der Waals surface area contributed by atoms with Gasteiger partial charge >= 0.3 is 12.1 Å². The fourth-order valence-electron chi connectivity index (χ4n) is 3.14. The summed E-state index contributed by atoms with van der Waals surface area (Å²) in [6, 6.07) is 14.3. The molecule has 1 saturated heterocycles. The molecule has 0 aromatic heterocycles. The number of benzene rings is 2. The lowest BCUT2D eigenvalue weighted by Crippen LogP contribution is -2.48. The number of piperazine rings is 1. The van der Waals surface area contributed by atoms with Crippen molar-refractivity contribution in [1.29, 1.82) is 0 Å². The second kappa shape index (κ2) is 9.60. The molecule has 0 spiro atoms. The monoisotopic (exact) mass is 409 g/mol. The molecule has 0 bridgehead atoms. The molecule has 2 amide bonds. The number of carbonyl (C=O) groups is 3. The molecule has 3 rings (SSSR count). The van der Waals surface area contributed by atoms with Gasteiger partial charge in [-0.3, -0.25) is 4.79 Å². The van der Waals surface area contributed by atoms with E-state index in [1.165, 1.54) is 18.1 Å². The van der Waals surface area contributed by atoms with Crippen LogP contribution in [0.3, 0.4) is 0 Å². The summed E-state index contributed by atoms with van der Waals surface area (Å²) in [4.78, 5) is 38.3. The van der Waals surface area contributed by atoms with Gasteiger partial charge in [0.2, 0.25) is 0 Å². The average Bonchev–Trinajstić information content (AvgIpc) is 2.78. The molecule has 0 saturated carbocycles. The second-order valence-corrected chi connectivity index (χ2v) is 6.74. The number of nitrogens with zero attached hydrogens (tertiary/aromatic N) is 2. The SMILES string of the molecule is COC(=O)/C=C/c1cccc(NC(=O)c2ccc(N3CCN(C(=O)O)CC3)cc2)c1. The number of esters is 1. The maximum Gasteiger partial charge on any atom is 0.407 e. The van der Waals surface area contributed by atoms with E-state index in [1.807, 2.05) is 18.2 Å². The van der Waals surface area contributed by atoms with Crippen LogP contribution < -0.4 is 10.2 Å². The molecule has 0 aliphatic carbocycles. The lowest BCUT2D eigenvalue weighted by molar-refractivity contribution is -0.134. The van der Waals surface area contributed by atoms with Crippen LogP contribution in [0.25, 0.3) is 6.08 Å². The van der Waals surface area contributed by atoms with Gasteiger partial charge in [0, 0.05) is 49.2 Å². The van der Waals surface area contributed by atoms with E-state index in [-0.39, 0.29) is 5.91 Å². The normalized spacial score (nSPS) is 13.9. The highest BCUT2D eigenvalue weighted by atomic mass is 16.5. The number of anilines is 2. The van der Waals surface area contributed by atoms with Crippen LogP contribution in [-0.2, 0) is 9.53 Å². The Bertz CT molecular complexity index is 948. The van der Waals surface area contributed by atoms with Gasteiger partial charge in [0.1, 0.15) is 0 Å². The van der Waals surface area contributed by atoms with E-state index in [1.54, 1.807) is 36.4 Å². The van der Waals surface area contributed by atoms with Crippen LogP contribution in [-0.4, -0.2) is 61.3 Å². The number of hydrogen-bond donors (Lipinski definition) is 2. The van der Waals surface area contributed by atoms with Crippen LogP contribution >= 0.6 is 0 Å². The molecule has 0 atom stereocenters. The van der Waals surface area contributed by atoms with Gasteiger partial charge in [0.05, 0.1) is 7.11 Å². The number of ether oxygens (including phenoxy) is 1. The molecule has 0 radical (unpaired) electrons. The summed E-state index contributed by atoms with van der Waals surface area (Å²) >= 11 is 0. The van der Waals surface area contributed by atoms with E-state index in [0.717, 1.165) is 11.3 Å². The first-order valence-corrected chi connectivity index (χ1v) is 9.46. The van der Waals surface area contributed by atoms with Gasteiger partial charge in [-0.25, -0.2) is 9.59 Å². The van der Waals surface area contributed by atoms with Crippen LogP contribution in [0, 0.1) is 0 Å². The van der Waals surface area contributed by atoms with Crippen molar-refractivity contribution in [2.24, 2.45) is 0 Å². The molecule has 0 unspecified atom stereocenters. The van der Waals surface area contributed by atoms with Crippen molar-refractivity contribution in [3.05, 3.63) is 65.7 Å². The Hall–Kier alpha value is -3.81. The Labute approximate surface area is 174 Å². The van der Waals surface area contributed by atoms with Gasteiger partial charge in [-0.1, -0.05) is 12.1 Å². The van der Waals surface area contributed by atoms with Gasteiger partial charge in [-0.2, -0.15) is 0 Å². The molecule has 30 heavy (non-hydrogen) atoms. The summed E-state index contributed by atoms with van der Waals surface area (Å²) < 4.78 is 4.57. The van der Waals surface area contributed by atoms with Crippen molar-refractivity contribution in [3.8, 4) is 0 Å². The average molecular weight is 409 g/mol. The molecular formula is C22H23N3O5. The van der Waals surface area contributed by atoms with Crippen LogP contribution in [0.1, 0.15) is 15.9 Å². The molecule has 1 fully saturated rings. The molecule has 156 valence electrons. The van der Waals surface area contributed by atoms with Crippen molar-refractivity contribution in [2.75, 3.05) is 43.5 Å². The first kappa shape index (κ1) is 20.9. The first-order chi connectivity index (χ1) is 14.5. The molecule has 8 heteroatoms. The fraction of sp³-hybridized carbons (Fsp3) is 0.227. The Morgan fingerprint density at radius 3 is 2.37 bits per heavy atom. The predicted molar refractivity (Wildman–Crippen MR) is 114 cm³/mol. The van der Waals surface area contributed by atoms with Gasteiger partial charge in [0.25, 0.3) is 5.91 Å². The third-order valence-corrected chi connectivity index (χ3v) is 4.80. The van der Waals surface area contributed by atoms with Crippen LogP contribution in [0.15, 0.2) is 54.6 Å². The number of amides is 2. The van der Waals surface area contributed by atoms with E-state index < -0.39 is 12.1 Å². The van der Waals surface area contributed by atoms with Crippen LogP contribution in [0.4, 0.5) is 16.2 Å². The zero-order chi connectivity index (χ0) is 21.5. The lowest BCUT2D eigenvalue weighted by Gasteiger charge is -2.34. The maximum absolute atomic E-state index is 12.6. The molecule has 2 aromatic rings. The number of hydrogen-bond acceptors (Lipinski definition) is 5. The molecule has 2 N–H and O–H groups in total. The number of methoxy groups -OCH3 is 1. The minimum atomic E-state index is -0.897. The molecule has 8 nitrogen and oxygen atoms in total. The topological polar surface area (TPSA) is 99.2 Å². The summed E-state index contributed by atoms with van der Waals surface area (Å²) in [5, 5.41) is 11.9. The first-order valence-electron chi connectivity index (χ1n) is 9.46. The van der Waals surface area contributed by atoms with Gasteiger partial charge in [-0.15, -0.1) is 0 Å². The minimum Gasteiger partial charge on any atom is -0.466 e. The number of carbonyl (C=O) groups excluding carboxylic acids is 2. The van der Waals surface area contributed by atoms with E-state index >= 15 is 0 Å². The van der Waals surface area contributed by atoms with Gasteiger partial charge < -0.3 is 25.0 Å². The Morgan fingerprint density at radius 2 is 1.73 bits per heavy atom. The summed E-state index contributed by atoms with van der Waals surface area (Å²) in [6.07, 6.45) is 2.03. The largest absolute Gasteiger partial charge is 0.466 e. The van der Waals surface area contributed by atoms with Crippen molar-refractivity contribution in [3.63, 3.8) is 0 Å². The lowest BCUT2D eigenvalue weighted by atomic mass is 10.1. The number of rotatable bonds is 5. The van der Waals surface area contributed by atoms with Gasteiger partial charge in [-0.05, 0) is 48.0 Å². The third kappa shape index (κ3) is 5.38. The number of nitrogens with one attached hydrogen (secondary N) is 1. The van der Waals surface area contributed by atoms with Crippen molar-refractivity contribution in [1.82, 2.24) is 4.90 Å².